The molecule has 0 aliphatic rings. The minimum Gasteiger partial charge on any atom is -0.508 e. The number of rotatable bonds is 5. The highest BCUT2D eigenvalue weighted by Gasteiger charge is 2.18. The van der Waals surface area contributed by atoms with Crippen LogP contribution < -0.4 is 0 Å². The van der Waals surface area contributed by atoms with Gasteiger partial charge in [-0.15, -0.1) is 0 Å². The molecule has 17 heavy (non-hydrogen) atoms. The van der Waals surface area contributed by atoms with Crippen LogP contribution in [-0.4, -0.2) is 23.0 Å². The molecule has 0 aliphatic carbocycles. The van der Waals surface area contributed by atoms with E-state index in [1.165, 1.54) is 0 Å². The summed E-state index contributed by atoms with van der Waals surface area (Å²) in [5.41, 5.74) is 0.792. The molecule has 1 atom stereocenters. The Balaban J connectivity index is 2.72. The maximum atomic E-state index is 11.9. The van der Waals surface area contributed by atoms with Crippen LogP contribution in [-0.2, 0) is 4.79 Å². The van der Waals surface area contributed by atoms with E-state index in [1.54, 1.807) is 24.1 Å². The van der Waals surface area contributed by atoms with Gasteiger partial charge in [0.15, 0.2) is 0 Å². The van der Waals surface area contributed by atoms with Gasteiger partial charge in [-0.2, -0.15) is 0 Å². The van der Waals surface area contributed by atoms with Gasteiger partial charge in [0, 0.05) is 19.0 Å². The van der Waals surface area contributed by atoms with Crippen molar-refractivity contribution in [3.8, 4) is 5.75 Å². The van der Waals surface area contributed by atoms with Crippen LogP contribution in [0.2, 0.25) is 0 Å². The standard InChI is InChI=1S/C14H21NO2/c1-4-5-10-14(17)15(3)11(2)12-8-6-7-9-13(12)16/h6-9,11,16H,4-5,10H2,1-3H3. The number of para-hydroxylation sites is 1. The molecule has 1 aromatic rings. The Morgan fingerprint density at radius 3 is 2.65 bits per heavy atom. The summed E-state index contributed by atoms with van der Waals surface area (Å²) >= 11 is 0. The van der Waals surface area contributed by atoms with Gasteiger partial charge in [0.2, 0.25) is 5.91 Å². The number of amides is 1. The van der Waals surface area contributed by atoms with Crippen molar-refractivity contribution in [1.82, 2.24) is 4.90 Å². The highest BCUT2D eigenvalue weighted by Crippen LogP contribution is 2.27. The first-order chi connectivity index (χ1) is 8.07. The third-order valence-electron chi connectivity index (χ3n) is 3.11. The molecule has 0 heterocycles. The number of carbonyl (C=O) groups excluding carboxylic acids is 1. The first-order valence-electron chi connectivity index (χ1n) is 6.11. The van der Waals surface area contributed by atoms with E-state index >= 15 is 0 Å². The van der Waals surface area contributed by atoms with E-state index in [2.05, 4.69) is 6.92 Å². The lowest BCUT2D eigenvalue weighted by Crippen LogP contribution is -2.29. The molecule has 1 unspecified atom stereocenters. The van der Waals surface area contributed by atoms with Crippen molar-refractivity contribution in [3.63, 3.8) is 0 Å². The smallest absolute Gasteiger partial charge is 0.222 e. The second-order valence-electron chi connectivity index (χ2n) is 4.34. The average Bonchev–Trinajstić information content (AvgIpc) is 2.34. The number of aromatic hydroxyl groups is 1. The van der Waals surface area contributed by atoms with Crippen LogP contribution in [0.15, 0.2) is 24.3 Å². The molecule has 3 nitrogen and oxygen atoms in total. The van der Waals surface area contributed by atoms with Crippen LogP contribution in [0.25, 0.3) is 0 Å². The number of carbonyl (C=O) groups is 1. The van der Waals surface area contributed by atoms with Crippen LogP contribution in [0.5, 0.6) is 5.75 Å². The number of phenolic OH excluding ortho intramolecular Hbond substituents is 1. The molecule has 1 N–H and O–H groups in total. The molecule has 3 heteroatoms. The number of nitrogens with zero attached hydrogens (tertiary/aromatic N) is 1. The first-order valence-corrected chi connectivity index (χ1v) is 6.11. The van der Waals surface area contributed by atoms with Gasteiger partial charge >= 0.3 is 0 Å². The SMILES string of the molecule is CCCCC(=O)N(C)C(C)c1ccccc1O. The summed E-state index contributed by atoms with van der Waals surface area (Å²) < 4.78 is 0. The minimum atomic E-state index is -0.0967. The zero-order valence-electron chi connectivity index (χ0n) is 10.8. The third-order valence-corrected chi connectivity index (χ3v) is 3.11. The average molecular weight is 235 g/mol. The second kappa shape index (κ2) is 6.28. The van der Waals surface area contributed by atoms with E-state index < -0.39 is 0 Å². The summed E-state index contributed by atoms with van der Waals surface area (Å²) in [6.45, 7) is 4.00. The quantitative estimate of drug-likeness (QED) is 0.852. The van der Waals surface area contributed by atoms with Crippen LogP contribution >= 0.6 is 0 Å². The zero-order chi connectivity index (χ0) is 12.8. The predicted molar refractivity (Wildman–Crippen MR) is 68.8 cm³/mol. The Bertz CT molecular complexity index is 376. The van der Waals surface area contributed by atoms with Crippen molar-refractivity contribution in [1.29, 1.82) is 0 Å². The van der Waals surface area contributed by atoms with Crippen LogP contribution in [0.3, 0.4) is 0 Å². The molecule has 0 bridgehead atoms. The number of benzene rings is 1. The fourth-order valence-corrected chi connectivity index (χ4v) is 1.77. The zero-order valence-corrected chi connectivity index (χ0v) is 10.8. The molecule has 1 aromatic carbocycles. The second-order valence-corrected chi connectivity index (χ2v) is 4.34. The van der Waals surface area contributed by atoms with Gasteiger partial charge < -0.3 is 10.0 Å². The van der Waals surface area contributed by atoms with E-state index in [1.807, 2.05) is 19.1 Å². The van der Waals surface area contributed by atoms with E-state index in [0.29, 0.717) is 6.42 Å². The number of hydrogen-bond donors (Lipinski definition) is 1. The molecule has 0 aliphatic heterocycles. The maximum absolute atomic E-state index is 11.9. The molecule has 0 saturated heterocycles. The minimum absolute atomic E-state index is 0.0967. The third kappa shape index (κ3) is 3.48. The monoisotopic (exact) mass is 235 g/mol. The van der Waals surface area contributed by atoms with Crippen molar-refractivity contribution in [2.24, 2.45) is 0 Å². The molecule has 0 aromatic heterocycles. The number of unbranched alkanes of at least 4 members (excludes halogenated alkanes) is 1. The van der Waals surface area contributed by atoms with Gasteiger partial charge in [0.05, 0.1) is 6.04 Å². The van der Waals surface area contributed by atoms with Crippen LogP contribution in [0.1, 0.15) is 44.7 Å². The topological polar surface area (TPSA) is 40.5 Å². The molecular weight excluding hydrogens is 214 g/mol. The Morgan fingerprint density at radius 1 is 1.41 bits per heavy atom. The fourth-order valence-electron chi connectivity index (χ4n) is 1.77. The summed E-state index contributed by atoms with van der Waals surface area (Å²) in [7, 11) is 1.79. The van der Waals surface area contributed by atoms with Gasteiger partial charge in [-0.1, -0.05) is 31.5 Å². The molecule has 1 amide bonds. The molecular formula is C14H21NO2. The van der Waals surface area contributed by atoms with Crippen LogP contribution in [0, 0.1) is 0 Å². The Morgan fingerprint density at radius 2 is 2.06 bits per heavy atom. The summed E-state index contributed by atoms with van der Waals surface area (Å²) in [6, 6.07) is 7.06. The van der Waals surface area contributed by atoms with E-state index in [4.69, 9.17) is 0 Å². The van der Waals surface area contributed by atoms with E-state index in [9.17, 15) is 9.90 Å². The van der Waals surface area contributed by atoms with E-state index in [0.717, 1.165) is 18.4 Å². The number of hydrogen-bond acceptors (Lipinski definition) is 2. The lowest BCUT2D eigenvalue weighted by atomic mass is 10.1. The molecule has 1 rings (SSSR count). The van der Waals surface area contributed by atoms with Crippen molar-refractivity contribution in [2.75, 3.05) is 7.05 Å². The maximum Gasteiger partial charge on any atom is 0.222 e. The molecule has 94 valence electrons. The molecule has 0 fully saturated rings. The number of phenols is 1. The fraction of sp³-hybridized carbons (Fsp3) is 0.500. The van der Waals surface area contributed by atoms with Crippen LogP contribution in [0.4, 0.5) is 0 Å². The van der Waals surface area contributed by atoms with Gasteiger partial charge in [-0.25, -0.2) is 0 Å². The molecule has 0 radical (unpaired) electrons. The van der Waals surface area contributed by atoms with Crippen molar-refractivity contribution in [3.05, 3.63) is 29.8 Å². The summed E-state index contributed by atoms with van der Waals surface area (Å²) in [5, 5.41) is 9.75. The highest BCUT2D eigenvalue weighted by molar-refractivity contribution is 5.76. The van der Waals surface area contributed by atoms with Crippen molar-refractivity contribution >= 4 is 5.91 Å². The van der Waals surface area contributed by atoms with Crippen molar-refractivity contribution in [2.45, 2.75) is 39.2 Å². The van der Waals surface area contributed by atoms with Gasteiger partial charge in [-0.3, -0.25) is 4.79 Å². The Labute approximate surface area is 103 Å². The normalized spacial score (nSPS) is 12.2. The lowest BCUT2D eigenvalue weighted by molar-refractivity contribution is -0.131. The largest absolute Gasteiger partial charge is 0.508 e. The summed E-state index contributed by atoms with van der Waals surface area (Å²) in [6.07, 6.45) is 2.51. The first kappa shape index (κ1) is 13.6. The lowest BCUT2D eigenvalue weighted by Gasteiger charge is -2.26. The van der Waals surface area contributed by atoms with Gasteiger partial charge in [-0.05, 0) is 19.4 Å². The highest BCUT2D eigenvalue weighted by atomic mass is 16.3. The molecule has 0 spiro atoms. The summed E-state index contributed by atoms with van der Waals surface area (Å²) in [5.74, 6) is 0.373. The Hall–Kier alpha value is -1.51. The van der Waals surface area contributed by atoms with Gasteiger partial charge in [0.25, 0.3) is 0 Å². The predicted octanol–water partition coefficient (Wildman–Crippen LogP) is 3.10. The Kier molecular flexibility index (Phi) is 5.01. The summed E-state index contributed by atoms with van der Waals surface area (Å²) in [4.78, 5) is 13.6. The molecule has 0 saturated carbocycles. The van der Waals surface area contributed by atoms with Gasteiger partial charge in [0.1, 0.15) is 5.75 Å². The van der Waals surface area contributed by atoms with E-state index in [-0.39, 0.29) is 17.7 Å². The van der Waals surface area contributed by atoms with Crippen molar-refractivity contribution < 1.29 is 9.90 Å².